The van der Waals surface area contributed by atoms with Crippen molar-refractivity contribution in [3.63, 3.8) is 0 Å². The van der Waals surface area contributed by atoms with E-state index in [0.29, 0.717) is 34.5 Å². The van der Waals surface area contributed by atoms with Gasteiger partial charge in [0.15, 0.2) is 0 Å². The Morgan fingerprint density at radius 3 is 1.79 bits per heavy atom. The summed E-state index contributed by atoms with van der Waals surface area (Å²) in [5.74, 6) is -0.0512. The van der Waals surface area contributed by atoms with Crippen LogP contribution in [-0.4, -0.2) is 16.7 Å². The monoisotopic (exact) mass is 459 g/mol. The molecule has 178 valence electrons. The average Bonchev–Trinajstić information content (AvgIpc) is 2.83. The van der Waals surface area contributed by atoms with Gasteiger partial charge in [-0.05, 0) is 65.9 Å². The third-order valence-electron chi connectivity index (χ3n) is 5.88. The smallest absolute Gasteiger partial charge is 0.239 e. The normalized spacial score (nSPS) is 13.8. The van der Waals surface area contributed by atoms with Crippen molar-refractivity contribution in [2.75, 3.05) is 0 Å². The van der Waals surface area contributed by atoms with Crippen molar-refractivity contribution in [3.05, 3.63) is 88.2 Å². The van der Waals surface area contributed by atoms with Gasteiger partial charge in [-0.2, -0.15) is 4.39 Å². The van der Waals surface area contributed by atoms with E-state index in [-0.39, 0.29) is 11.6 Å². The zero-order valence-corrected chi connectivity index (χ0v) is 21.2. The van der Waals surface area contributed by atoms with Crippen LogP contribution in [0.2, 0.25) is 0 Å². The molecule has 0 unspecified atom stereocenters. The summed E-state index contributed by atoms with van der Waals surface area (Å²) in [6.45, 7) is 13.2. The Kier molecular flexibility index (Phi) is 7.23. The molecule has 0 bridgehead atoms. The second kappa shape index (κ2) is 10.9. The molecule has 0 aliphatic carbocycles. The Labute approximate surface area is 206 Å². The van der Waals surface area contributed by atoms with Crippen LogP contribution < -0.4 is 0 Å². The molecule has 0 aliphatic heterocycles. The summed E-state index contributed by atoms with van der Waals surface area (Å²) in [6, 6.07) is 16.7. The molecular formula is C30H36FN3. The van der Waals surface area contributed by atoms with E-state index in [9.17, 15) is 0 Å². The fourth-order valence-corrected chi connectivity index (χ4v) is 3.95. The number of nitrogens with zero attached hydrogens (tertiary/aromatic N) is 3. The van der Waals surface area contributed by atoms with Crippen molar-refractivity contribution in [1.82, 2.24) is 4.98 Å². The third kappa shape index (κ3) is 5.67. The van der Waals surface area contributed by atoms with Crippen LogP contribution in [0.25, 0.3) is 0 Å². The largest absolute Gasteiger partial charge is 0.251 e. The van der Waals surface area contributed by atoms with Crippen molar-refractivity contribution >= 4 is 23.1 Å². The molecule has 0 N–H and O–H groups in total. The number of rotatable bonds is 7. The summed E-state index contributed by atoms with van der Waals surface area (Å²) in [5.41, 5.74) is 6.16. The van der Waals surface area contributed by atoms with Crippen LogP contribution in [0.3, 0.4) is 0 Å². The van der Waals surface area contributed by atoms with Crippen LogP contribution in [0.15, 0.2) is 64.6 Å². The molecule has 3 nitrogen and oxygen atoms in total. The first-order chi connectivity index (χ1) is 17.0. The number of aliphatic imine (C=N–C) groups is 2. The Bertz CT molecular complexity index is 1130. The number of pyridine rings is 1. The zero-order valence-electron chi connectivity index (χ0n) is 23.2. The first kappa shape index (κ1) is 22.6. The van der Waals surface area contributed by atoms with Gasteiger partial charge in [0.2, 0.25) is 5.97 Å². The highest BCUT2D eigenvalue weighted by Gasteiger charge is 2.15. The van der Waals surface area contributed by atoms with Gasteiger partial charge in [0, 0.05) is 2.74 Å². The lowest BCUT2D eigenvalue weighted by molar-refractivity contribution is 0.797. The van der Waals surface area contributed by atoms with Gasteiger partial charge in [-0.1, -0.05) is 84.0 Å². The van der Waals surface area contributed by atoms with Gasteiger partial charge < -0.3 is 0 Å². The Morgan fingerprint density at radius 2 is 1.24 bits per heavy atom. The highest BCUT2D eigenvalue weighted by Crippen LogP contribution is 2.35. The van der Waals surface area contributed by atoms with Crippen molar-refractivity contribution in [2.24, 2.45) is 9.98 Å². The quantitative estimate of drug-likeness (QED) is 0.325. The molecule has 0 amide bonds. The van der Waals surface area contributed by atoms with Crippen molar-refractivity contribution in [1.29, 1.82) is 0 Å². The molecule has 0 atom stereocenters. The van der Waals surface area contributed by atoms with Gasteiger partial charge >= 0.3 is 0 Å². The SMILES string of the molecule is [2H]C([2H])c1cccc(C(C)C)c1N=C(F)c1cccc(C(C)=Nc2c(C(C)C)cccc2C(C)C)n1. The number of benzene rings is 2. The molecule has 1 heterocycles. The summed E-state index contributed by atoms with van der Waals surface area (Å²) >= 11 is 0. The maximum absolute atomic E-state index is 15.4. The molecule has 3 rings (SSSR count). The minimum absolute atomic E-state index is 0.0695. The molecule has 4 heteroatoms. The minimum Gasteiger partial charge on any atom is -0.251 e. The Hall–Kier alpha value is -3.14. The van der Waals surface area contributed by atoms with Crippen molar-refractivity contribution in [3.8, 4) is 0 Å². The first-order valence-electron chi connectivity index (χ1n) is 13.0. The van der Waals surface area contributed by atoms with E-state index in [4.69, 9.17) is 7.73 Å². The molecule has 0 spiro atoms. The molecule has 0 radical (unpaired) electrons. The van der Waals surface area contributed by atoms with E-state index in [1.165, 1.54) is 11.1 Å². The minimum atomic E-state index is -1.26. The van der Waals surface area contributed by atoms with Gasteiger partial charge in [-0.25, -0.2) is 9.98 Å². The molecular weight excluding hydrogens is 421 g/mol. The fourth-order valence-electron chi connectivity index (χ4n) is 3.95. The zero-order chi connectivity index (χ0) is 26.6. The molecule has 0 aliphatic rings. The summed E-state index contributed by atoms with van der Waals surface area (Å²) in [7, 11) is 0. The van der Waals surface area contributed by atoms with Crippen LogP contribution >= 0.6 is 0 Å². The summed E-state index contributed by atoms with van der Waals surface area (Å²) in [6.07, 6.45) is 0. The van der Waals surface area contributed by atoms with Crippen LogP contribution in [-0.2, 0) is 0 Å². The summed E-state index contributed by atoms with van der Waals surface area (Å²) < 4.78 is 31.2. The van der Waals surface area contributed by atoms with Crippen LogP contribution in [0.1, 0.15) is 103 Å². The van der Waals surface area contributed by atoms with Crippen molar-refractivity contribution in [2.45, 2.75) is 73.1 Å². The second-order valence-electron chi connectivity index (χ2n) is 9.54. The topological polar surface area (TPSA) is 37.6 Å². The highest BCUT2D eigenvalue weighted by atomic mass is 19.1. The van der Waals surface area contributed by atoms with Gasteiger partial charge in [0.25, 0.3) is 0 Å². The van der Waals surface area contributed by atoms with E-state index < -0.39 is 12.8 Å². The van der Waals surface area contributed by atoms with Crippen molar-refractivity contribution < 1.29 is 7.13 Å². The molecule has 0 saturated heterocycles. The first-order valence-corrected chi connectivity index (χ1v) is 11.9. The second-order valence-corrected chi connectivity index (χ2v) is 9.54. The molecule has 3 aromatic rings. The lowest BCUT2D eigenvalue weighted by Gasteiger charge is -2.17. The number of aryl methyl sites for hydroxylation is 1. The number of aromatic nitrogens is 1. The molecule has 0 saturated carbocycles. The highest BCUT2D eigenvalue weighted by molar-refractivity contribution is 6.01. The Balaban J connectivity index is 2.08. The lowest BCUT2D eigenvalue weighted by atomic mass is 9.93. The van der Waals surface area contributed by atoms with E-state index in [1.54, 1.807) is 24.3 Å². The van der Waals surface area contributed by atoms with E-state index in [2.05, 4.69) is 55.9 Å². The van der Waals surface area contributed by atoms with Gasteiger partial charge in [-0.15, -0.1) is 0 Å². The number of para-hydroxylation sites is 2. The van der Waals surface area contributed by atoms with Crippen LogP contribution in [0.5, 0.6) is 0 Å². The molecule has 34 heavy (non-hydrogen) atoms. The number of hydrogen-bond acceptors (Lipinski definition) is 3. The van der Waals surface area contributed by atoms with Gasteiger partial charge in [0.1, 0.15) is 5.69 Å². The molecule has 0 fully saturated rings. The molecule has 1 aromatic heterocycles. The summed E-state index contributed by atoms with van der Waals surface area (Å²) in [5, 5.41) is 0. The predicted molar refractivity (Wildman–Crippen MR) is 143 cm³/mol. The van der Waals surface area contributed by atoms with E-state index in [1.807, 2.05) is 32.9 Å². The van der Waals surface area contributed by atoms with Gasteiger partial charge in [0.05, 0.1) is 22.8 Å². The van der Waals surface area contributed by atoms with E-state index in [0.717, 1.165) is 11.3 Å². The standard InChI is InChI=1S/C30H36FN3/c1-18(2)23-13-9-12-21(7)28(23)34-30(31)27-17-11-16-26(33-27)22(8)32-29-24(19(3)4)14-10-15-25(29)20(5)6/h9-20H,1-8H3/i7D2. The van der Waals surface area contributed by atoms with E-state index >= 15 is 4.39 Å². The molecule has 2 aromatic carbocycles. The van der Waals surface area contributed by atoms with Crippen LogP contribution in [0.4, 0.5) is 15.8 Å². The number of halogens is 1. The fraction of sp³-hybridized carbons (Fsp3) is 0.367. The average molecular weight is 460 g/mol. The number of hydrogen-bond donors (Lipinski definition) is 0. The maximum atomic E-state index is 15.4. The lowest BCUT2D eigenvalue weighted by Crippen LogP contribution is -2.05. The predicted octanol–water partition coefficient (Wildman–Crippen LogP) is 8.95. The van der Waals surface area contributed by atoms with Gasteiger partial charge in [-0.3, -0.25) is 4.99 Å². The third-order valence-corrected chi connectivity index (χ3v) is 5.88. The maximum Gasteiger partial charge on any atom is 0.239 e. The Morgan fingerprint density at radius 1 is 0.735 bits per heavy atom. The van der Waals surface area contributed by atoms with Crippen LogP contribution in [0, 0.1) is 6.88 Å². The summed E-state index contributed by atoms with van der Waals surface area (Å²) in [4.78, 5) is 13.7.